The second-order valence-electron chi connectivity index (χ2n) is 5.15. The van der Waals surface area contributed by atoms with E-state index in [-0.39, 0.29) is 5.69 Å². The molecule has 0 amide bonds. The summed E-state index contributed by atoms with van der Waals surface area (Å²) in [5, 5.41) is 3.25. The molecule has 2 aromatic rings. The van der Waals surface area contributed by atoms with Crippen LogP contribution in [0.2, 0.25) is 0 Å². The highest BCUT2D eigenvalue weighted by Crippen LogP contribution is 2.08. The summed E-state index contributed by atoms with van der Waals surface area (Å²) in [7, 11) is 0. The number of hydrogen-bond acceptors (Lipinski definition) is 5. The van der Waals surface area contributed by atoms with Gasteiger partial charge in [-0.1, -0.05) is 6.92 Å². The van der Waals surface area contributed by atoms with E-state index in [2.05, 4.69) is 27.2 Å². The van der Waals surface area contributed by atoms with E-state index in [9.17, 15) is 4.79 Å². The lowest BCUT2D eigenvalue weighted by atomic mass is 10.3. The summed E-state index contributed by atoms with van der Waals surface area (Å²) in [5.74, 6) is 1.41. The van der Waals surface area contributed by atoms with Crippen molar-refractivity contribution in [2.45, 2.75) is 40.7 Å². The molecule has 2 heterocycles. The van der Waals surface area contributed by atoms with Gasteiger partial charge in [-0.3, -0.25) is 4.57 Å². The van der Waals surface area contributed by atoms with Gasteiger partial charge in [-0.05, 0) is 33.3 Å². The monoisotopic (exact) mass is 287 g/mol. The van der Waals surface area contributed by atoms with Crippen molar-refractivity contribution in [3.05, 3.63) is 45.5 Å². The zero-order valence-corrected chi connectivity index (χ0v) is 13.0. The van der Waals surface area contributed by atoms with E-state index < -0.39 is 0 Å². The number of anilines is 1. The van der Waals surface area contributed by atoms with Crippen molar-refractivity contribution in [1.82, 2.24) is 19.5 Å². The number of aromatic nitrogens is 4. The highest BCUT2D eigenvalue weighted by Gasteiger charge is 2.08. The van der Waals surface area contributed by atoms with Crippen molar-refractivity contribution >= 4 is 5.82 Å². The van der Waals surface area contributed by atoms with Crippen LogP contribution in [0.1, 0.15) is 36.3 Å². The van der Waals surface area contributed by atoms with Gasteiger partial charge in [0.05, 0.1) is 6.54 Å². The largest absolute Gasteiger partial charge is 0.370 e. The van der Waals surface area contributed by atoms with Crippen LogP contribution in [0.3, 0.4) is 0 Å². The first-order chi connectivity index (χ1) is 9.99. The van der Waals surface area contributed by atoms with Gasteiger partial charge in [0.25, 0.3) is 0 Å². The molecule has 0 saturated carbocycles. The normalized spacial score (nSPS) is 10.7. The fraction of sp³-hybridized carbons (Fsp3) is 0.467. The molecule has 0 fully saturated rings. The molecule has 0 radical (unpaired) electrons. The van der Waals surface area contributed by atoms with E-state index in [0.717, 1.165) is 35.9 Å². The van der Waals surface area contributed by atoms with Crippen LogP contribution in [-0.4, -0.2) is 26.1 Å². The zero-order valence-electron chi connectivity index (χ0n) is 13.0. The van der Waals surface area contributed by atoms with Crippen molar-refractivity contribution in [1.29, 1.82) is 0 Å². The Kier molecular flexibility index (Phi) is 4.67. The maximum absolute atomic E-state index is 12.0. The molecule has 6 heteroatoms. The van der Waals surface area contributed by atoms with Gasteiger partial charge in [0, 0.05) is 29.7 Å². The van der Waals surface area contributed by atoms with Gasteiger partial charge in [0.1, 0.15) is 5.82 Å². The van der Waals surface area contributed by atoms with Crippen LogP contribution in [-0.2, 0) is 6.54 Å². The lowest BCUT2D eigenvalue weighted by molar-refractivity contribution is 0.661. The molecule has 0 aromatic carbocycles. The summed E-state index contributed by atoms with van der Waals surface area (Å²) < 4.78 is 1.59. The Morgan fingerprint density at radius 2 is 1.81 bits per heavy atom. The molecule has 21 heavy (non-hydrogen) atoms. The highest BCUT2D eigenvalue weighted by molar-refractivity contribution is 5.35. The number of aryl methyl sites for hydroxylation is 3. The van der Waals surface area contributed by atoms with E-state index in [1.54, 1.807) is 4.57 Å². The molecule has 0 aliphatic carbocycles. The fourth-order valence-electron chi connectivity index (χ4n) is 2.15. The molecule has 0 aliphatic heterocycles. The second kappa shape index (κ2) is 6.47. The molecule has 6 nitrogen and oxygen atoms in total. The third-order valence-electron chi connectivity index (χ3n) is 3.10. The Hall–Kier alpha value is -2.24. The third-order valence-corrected chi connectivity index (χ3v) is 3.10. The molecule has 2 rings (SSSR count). The van der Waals surface area contributed by atoms with Gasteiger partial charge < -0.3 is 5.32 Å². The third kappa shape index (κ3) is 3.87. The van der Waals surface area contributed by atoms with Gasteiger partial charge >= 0.3 is 5.69 Å². The Bertz CT molecular complexity index is 693. The van der Waals surface area contributed by atoms with E-state index in [4.69, 9.17) is 0 Å². The van der Waals surface area contributed by atoms with Crippen LogP contribution in [0, 0.1) is 20.8 Å². The minimum absolute atomic E-state index is 0.263. The maximum Gasteiger partial charge on any atom is 0.348 e. The van der Waals surface area contributed by atoms with E-state index in [1.165, 1.54) is 0 Å². The molecule has 112 valence electrons. The summed E-state index contributed by atoms with van der Waals surface area (Å²) in [6, 6.07) is 3.79. The number of rotatable bonds is 5. The van der Waals surface area contributed by atoms with Crippen LogP contribution in [0.25, 0.3) is 0 Å². The summed E-state index contributed by atoms with van der Waals surface area (Å²) in [4.78, 5) is 24.8. The van der Waals surface area contributed by atoms with Gasteiger partial charge in [-0.15, -0.1) is 0 Å². The quantitative estimate of drug-likeness (QED) is 0.908. The Morgan fingerprint density at radius 3 is 2.48 bits per heavy atom. The molecule has 0 unspecified atom stereocenters. The van der Waals surface area contributed by atoms with Crippen molar-refractivity contribution in [2.75, 3.05) is 11.9 Å². The summed E-state index contributed by atoms with van der Waals surface area (Å²) in [6.07, 6.45) is 1.03. The van der Waals surface area contributed by atoms with Gasteiger partial charge in [0.15, 0.2) is 5.82 Å². The minimum Gasteiger partial charge on any atom is -0.370 e. The average Bonchev–Trinajstić information content (AvgIpc) is 2.40. The molecule has 0 atom stereocenters. The van der Waals surface area contributed by atoms with E-state index in [0.29, 0.717) is 12.4 Å². The van der Waals surface area contributed by atoms with Crippen molar-refractivity contribution in [3.8, 4) is 0 Å². The van der Waals surface area contributed by atoms with Crippen molar-refractivity contribution < 1.29 is 0 Å². The Balaban J connectivity index is 2.31. The smallest absolute Gasteiger partial charge is 0.348 e. The van der Waals surface area contributed by atoms with Crippen LogP contribution in [0.5, 0.6) is 0 Å². The van der Waals surface area contributed by atoms with E-state index in [1.807, 2.05) is 32.9 Å². The highest BCUT2D eigenvalue weighted by atomic mass is 16.1. The van der Waals surface area contributed by atoms with Gasteiger partial charge in [0.2, 0.25) is 0 Å². The predicted molar refractivity (Wildman–Crippen MR) is 82.6 cm³/mol. The molecular weight excluding hydrogens is 266 g/mol. The standard InChI is InChI=1S/C15H21N5O/c1-5-6-16-13-8-11(3)17-14(19-13)9-20-12(4)7-10(2)18-15(20)21/h7-8H,5-6,9H2,1-4H3,(H,16,17,19). The summed E-state index contributed by atoms with van der Waals surface area (Å²) in [6.45, 7) is 8.92. The SMILES string of the molecule is CCCNc1cc(C)nc(Cn2c(C)cc(C)nc2=O)n1. The maximum atomic E-state index is 12.0. The van der Waals surface area contributed by atoms with Crippen LogP contribution >= 0.6 is 0 Å². The Morgan fingerprint density at radius 1 is 1.10 bits per heavy atom. The lowest BCUT2D eigenvalue weighted by Crippen LogP contribution is -2.27. The van der Waals surface area contributed by atoms with Gasteiger partial charge in [-0.2, -0.15) is 4.98 Å². The lowest BCUT2D eigenvalue weighted by Gasteiger charge is -2.11. The molecular formula is C15H21N5O. The first kappa shape index (κ1) is 15.2. The van der Waals surface area contributed by atoms with Crippen LogP contribution in [0.15, 0.2) is 16.9 Å². The molecule has 0 saturated heterocycles. The molecule has 1 N–H and O–H groups in total. The minimum atomic E-state index is -0.263. The number of nitrogens with one attached hydrogen (secondary N) is 1. The van der Waals surface area contributed by atoms with Crippen LogP contribution < -0.4 is 11.0 Å². The van der Waals surface area contributed by atoms with Crippen LogP contribution in [0.4, 0.5) is 5.82 Å². The van der Waals surface area contributed by atoms with Crippen molar-refractivity contribution in [3.63, 3.8) is 0 Å². The summed E-state index contributed by atoms with van der Waals surface area (Å²) in [5.41, 5.74) is 2.20. The molecule has 0 aliphatic rings. The number of nitrogens with zero attached hydrogens (tertiary/aromatic N) is 4. The van der Waals surface area contributed by atoms with E-state index >= 15 is 0 Å². The fourth-order valence-corrected chi connectivity index (χ4v) is 2.15. The van der Waals surface area contributed by atoms with Crippen molar-refractivity contribution in [2.24, 2.45) is 0 Å². The zero-order chi connectivity index (χ0) is 15.4. The first-order valence-electron chi connectivity index (χ1n) is 7.13. The molecule has 0 bridgehead atoms. The second-order valence-corrected chi connectivity index (χ2v) is 5.15. The summed E-state index contributed by atoms with van der Waals surface area (Å²) >= 11 is 0. The number of hydrogen-bond donors (Lipinski definition) is 1. The van der Waals surface area contributed by atoms with Gasteiger partial charge in [-0.25, -0.2) is 14.8 Å². The molecule has 2 aromatic heterocycles. The topological polar surface area (TPSA) is 72.7 Å². The average molecular weight is 287 g/mol. The first-order valence-corrected chi connectivity index (χ1v) is 7.13. The molecule has 0 spiro atoms. The predicted octanol–water partition coefficient (Wildman–Crippen LogP) is 1.83. The Labute approximate surface area is 124 Å².